The molecule has 0 spiro atoms. The molecular weight excluding hydrogens is 382 g/mol. The summed E-state index contributed by atoms with van der Waals surface area (Å²) >= 11 is 6.07. The number of benzene rings is 3. The molecule has 0 aromatic heterocycles. The van der Waals surface area contributed by atoms with E-state index in [-0.39, 0.29) is 5.91 Å². The minimum atomic E-state index is -0.0917. The topological polar surface area (TPSA) is 29.5 Å². The maximum atomic E-state index is 13.4. The van der Waals surface area contributed by atoms with E-state index in [9.17, 15) is 4.79 Å². The standard InChI is InChI=1S/C25H20ClNO2/c1-2-29-24-11-7-6-10-22(24)27-23(19-12-14-21(26)15-13-19)17-20(25(27)28)16-18-8-4-3-5-9-18/h3-17H,2H2,1H3/b20-16+. The van der Waals surface area contributed by atoms with Crippen LogP contribution in [0, 0.1) is 0 Å². The van der Waals surface area contributed by atoms with E-state index in [0.717, 1.165) is 22.5 Å². The highest BCUT2D eigenvalue weighted by Crippen LogP contribution is 2.40. The Labute approximate surface area is 175 Å². The van der Waals surface area contributed by atoms with E-state index >= 15 is 0 Å². The number of anilines is 1. The summed E-state index contributed by atoms with van der Waals surface area (Å²) in [5.41, 5.74) is 4.01. The molecule has 0 fully saturated rings. The highest BCUT2D eigenvalue weighted by atomic mass is 35.5. The molecule has 4 rings (SSSR count). The molecule has 0 saturated heterocycles. The second-order valence-electron chi connectivity index (χ2n) is 6.59. The smallest absolute Gasteiger partial charge is 0.263 e. The van der Waals surface area contributed by atoms with Crippen LogP contribution < -0.4 is 9.64 Å². The van der Waals surface area contributed by atoms with Crippen molar-refractivity contribution in [2.45, 2.75) is 6.92 Å². The molecule has 1 heterocycles. The van der Waals surface area contributed by atoms with Crippen molar-refractivity contribution in [3.63, 3.8) is 0 Å². The third-order valence-corrected chi connectivity index (χ3v) is 4.90. The van der Waals surface area contributed by atoms with E-state index in [1.807, 2.05) is 97.9 Å². The van der Waals surface area contributed by atoms with Crippen LogP contribution in [0.25, 0.3) is 11.8 Å². The zero-order valence-electron chi connectivity index (χ0n) is 16.0. The molecule has 0 radical (unpaired) electrons. The van der Waals surface area contributed by atoms with Crippen LogP contribution in [-0.2, 0) is 4.79 Å². The molecule has 0 saturated carbocycles. The Morgan fingerprint density at radius 1 is 0.931 bits per heavy atom. The second kappa shape index (κ2) is 8.38. The Kier molecular flexibility index (Phi) is 5.50. The lowest BCUT2D eigenvalue weighted by molar-refractivity contribution is -0.113. The van der Waals surface area contributed by atoms with Crippen molar-refractivity contribution in [3.05, 3.63) is 107 Å². The summed E-state index contributed by atoms with van der Waals surface area (Å²) in [6.45, 7) is 2.45. The first-order chi connectivity index (χ1) is 14.2. The van der Waals surface area contributed by atoms with Crippen LogP contribution in [0.3, 0.4) is 0 Å². The van der Waals surface area contributed by atoms with Gasteiger partial charge in [0.1, 0.15) is 5.75 Å². The number of hydrogen-bond donors (Lipinski definition) is 0. The fraction of sp³-hybridized carbons (Fsp3) is 0.0800. The van der Waals surface area contributed by atoms with Gasteiger partial charge in [0, 0.05) is 10.6 Å². The van der Waals surface area contributed by atoms with Gasteiger partial charge in [-0.3, -0.25) is 9.69 Å². The van der Waals surface area contributed by atoms with Crippen LogP contribution >= 0.6 is 11.6 Å². The molecule has 3 aromatic rings. The van der Waals surface area contributed by atoms with Crippen molar-refractivity contribution < 1.29 is 9.53 Å². The highest BCUT2D eigenvalue weighted by molar-refractivity contribution is 6.30. The molecule has 0 atom stereocenters. The van der Waals surface area contributed by atoms with Gasteiger partial charge in [-0.1, -0.05) is 66.2 Å². The number of nitrogens with zero attached hydrogens (tertiary/aromatic N) is 1. The van der Waals surface area contributed by atoms with Gasteiger partial charge >= 0.3 is 0 Å². The number of halogens is 1. The molecule has 4 heteroatoms. The van der Waals surface area contributed by atoms with E-state index in [0.29, 0.717) is 23.0 Å². The maximum absolute atomic E-state index is 13.4. The quantitative estimate of drug-likeness (QED) is 0.475. The summed E-state index contributed by atoms with van der Waals surface area (Å²) < 4.78 is 5.79. The molecule has 3 aromatic carbocycles. The molecule has 0 bridgehead atoms. The van der Waals surface area contributed by atoms with Gasteiger partial charge in [0.05, 0.1) is 18.0 Å². The van der Waals surface area contributed by atoms with E-state index in [4.69, 9.17) is 16.3 Å². The van der Waals surface area contributed by atoms with E-state index in [1.165, 1.54) is 0 Å². The first-order valence-electron chi connectivity index (χ1n) is 9.48. The van der Waals surface area contributed by atoms with Gasteiger partial charge in [-0.15, -0.1) is 0 Å². The Bertz CT molecular complexity index is 1090. The van der Waals surface area contributed by atoms with Gasteiger partial charge < -0.3 is 4.74 Å². The molecule has 1 aliphatic rings. The summed E-state index contributed by atoms with van der Waals surface area (Å²) in [6, 6.07) is 24.9. The van der Waals surface area contributed by atoms with Crippen molar-refractivity contribution in [3.8, 4) is 5.75 Å². The third-order valence-electron chi connectivity index (χ3n) is 4.65. The third kappa shape index (κ3) is 3.96. The number of ether oxygens (including phenoxy) is 1. The summed E-state index contributed by atoms with van der Waals surface area (Å²) in [4.78, 5) is 15.2. The lowest BCUT2D eigenvalue weighted by Crippen LogP contribution is -2.25. The van der Waals surface area contributed by atoms with Crippen LogP contribution in [0.2, 0.25) is 5.02 Å². The van der Waals surface area contributed by atoms with Gasteiger partial charge in [0.25, 0.3) is 5.91 Å². The molecule has 0 unspecified atom stereocenters. The van der Waals surface area contributed by atoms with Crippen molar-refractivity contribution in [1.82, 2.24) is 0 Å². The lowest BCUT2D eigenvalue weighted by atomic mass is 10.1. The first kappa shape index (κ1) is 19.0. The largest absolute Gasteiger partial charge is 0.492 e. The van der Waals surface area contributed by atoms with Crippen molar-refractivity contribution in [1.29, 1.82) is 0 Å². The van der Waals surface area contributed by atoms with Gasteiger partial charge in [-0.25, -0.2) is 0 Å². The number of amides is 1. The Morgan fingerprint density at radius 2 is 1.62 bits per heavy atom. The molecule has 1 amide bonds. The van der Waals surface area contributed by atoms with Crippen LogP contribution in [0.5, 0.6) is 5.75 Å². The van der Waals surface area contributed by atoms with Crippen molar-refractivity contribution in [2.24, 2.45) is 0 Å². The number of para-hydroxylation sites is 2. The first-order valence-corrected chi connectivity index (χ1v) is 9.86. The number of rotatable bonds is 5. The average molecular weight is 402 g/mol. The predicted octanol–water partition coefficient (Wildman–Crippen LogP) is 6.21. The van der Waals surface area contributed by atoms with Crippen LogP contribution in [0.1, 0.15) is 18.1 Å². The number of hydrogen-bond acceptors (Lipinski definition) is 2. The molecule has 29 heavy (non-hydrogen) atoms. The summed E-state index contributed by atoms with van der Waals surface area (Å²) in [6.07, 6.45) is 3.82. The van der Waals surface area contributed by atoms with Crippen LogP contribution in [0.4, 0.5) is 5.69 Å². The molecule has 3 nitrogen and oxygen atoms in total. The van der Waals surface area contributed by atoms with Gasteiger partial charge in [0.15, 0.2) is 0 Å². The predicted molar refractivity (Wildman–Crippen MR) is 119 cm³/mol. The fourth-order valence-corrected chi connectivity index (χ4v) is 3.46. The Hall–Kier alpha value is -3.30. The monoisotopic (exact) mass is 401 g/mol. The van der Waals surface area contributed by atoms with Gasteiger partial charge in [0.2, 0.25) is 0 Å². The normalized spacial score (nSPS) is 15.0. The molecule has 0 aliphatic carbocycles. The Morgan fingerprint density at radius 3 is 2.34 bits per heavy atom. The maximum Gasteiger partial charge on any atom is 0.263 e. The zero-order valence-corrected chi connectivity index (χ0v) is 16.8. The molecule has 1 aliphatic heterocycles. The van der Waals surface area contributed by atoms with E-state index in [1.54, 1.807) is 4.90 Å². The lowest BCUT2D eigenvalue weighted by Gasteiger charge is -2.23. The van der Waals surface area contributed by atoms with Gasteiger partial charge in [-0.05, 0) is 54.5 Å². The number of carbonyl (C=O) groups is 1. The van der Waals surface area contributed by atoms with E-state index < -0.39 is 0 Å². The average Bonchev–Trinajstić information content (AvgIpc) is 3.06. The SMILES string of the molecule is CCOc1ccccc1N1C(=O)/C(=C/c2ccccc2)C=C1c1ccc(Cl)cc1. The minimum absolute atomic E-state index is 0.0917. The highest BCUT2D eigenvalue weighted by Gasteiger charge is 2.32. The van der Waals surface area contributed by atoms with Crippen molar-refractivity contribution in [2.75, 3.05) is 11.5 Å². The molecule has 0 N–H and O–H groups in total. The minimum Gasteiger partial charge on any atom is -0.492 e. The fourth-order valence-electron chi connectivity index (χ4n) is 3.34. The summed E-state index contributed by atoms with van der Waals surface area (Å²) in [5, 5.41) is 0.653. The van der Waals surface area contributed by atoms with Crippen molar-refractivity contribution >= 4 is 35.0 Å². The summed E-state index contributed by atoms with van der Waals surface area (Å²) in [7, 11) is 0. The van der Waals surface area contributed by atoms with Crippen LogP contribution in [0.15, 0.2) is 90.5 Å². The number of carbonyl (C=O) groups excluding carboxylic acids is 1. The Balaban J connectivity index is 1.85. The zero-order chi connectivity index (χ0) is 20.2. The molecule has 144 valence electrons. The van der Waals surface area contributed by atoms with Crippen LogP contribution in [-0.4, -0.2) is 12.5 Å². The van der Waals surface area contributed by atoms with E-state index in [2.05, 4.69) is 0 Å². The van der Waals surface area contributed by atoms with Gasteiger partial charge in [-0.2, -0.15) is 0 Å². The molecular formula is C25H20ClNO2. The summed E-state index contributed by atoms with van der Waals surface area (Å²) in [5.74, 6) is 0.579. The second-order valence-corrected chi connectivity index (χ2v) is 7.02.